The van der Waals surface area contributed by atoms with Crippen molar-refractivity contribution in [2.45, 2.75) is 25.4 Å². The van der Waals surface area contributed by atoms with E-state index in [1.165, 1.54) is 4.57 Å². The molecule has 1 aromatic carbocycles. The van der Waals surface area contributed by atoms with E-state index in [0.717, 1.165) is 31.4 Å². The van der Waals surface area contributed by atoms with E-state index in [2.05, 4.69) is 10.6 Å². The van der Waals surface area contributed by atoms with E-state index in [9.17, 15) is 9.59 Å². The Bertz CT molecular complexity index is 759. The minimum Gasteiger partial charge on any atom is -0.358 e. The largest absolute Gasteiger partial charge is 0.358 e. The minimum absolute atomic E-state index is 0.00411. The molecular formula is C15H19ClN4O2. The number of carbonyl (C=O) groups is 1. The van der Waals surface area contributed by atoms with Crippen molar-refractivity contribution < 1.29 is 4.79 Å². The zero-order valence-corrected chi connectivity index (χ0v) is 13.2. The monoisotopic (exact) mass is 322 g/mol. The summed E-state index contributed by atoms with van der Waals surface area (Å²) in [7, 11) is 1.56. The molecule has 7 heteroatoms. The molecule has 0 bridgehead atoms. The highest BCUT2D eigenvalue weighted by Crippen LogP contribution is 2.25. The summed E-state index contributed by atoms with van der Waals surface area (Å²) in [4.78, 5) is 24.6. The fourth-order valence-electron chi connectivity index (χ4n) is 3.05. The van der Waals surface area contributed by atoms with E-state index in [1.54, 1.807) is 19.2 Å². The molecule has 2 heterocycles. The van der Waals surface area contributed by atoms with Gasteiger partial charge in [0, 0.05) is 18.1 Å². The van der Waals surface area contributed by atoms with Gasteiger partial charge in [-0.25, -0.2) is 4.79 Å². The first-order chi connectivity index (χ1) is 10.6. The standard InChI is InChI=1S/C15H19ClN4O2/c1-17-14(21)9-19-13-8-10(16)2-3-12(13)20(15(19)22)11-4-6-18-7-5-11/h2-3,8,11,18H,4-7,9H2,1H3,(H,17,21). The average Bonchev–Trinajstić information content (AvgIpc) is 2.80. The molecule has 0 atom stereocenters. The summed E-state index contributed by atoms with van der Waals surface area (Å²) >= 11 is 6.07. The van der Waals surface area contributed by atoms with Crippen LogP contribution in [0.4, 0.5) is 0 Å². The second-order valence-corrected chi connectivity index (χ2v) is 5.96. The highest BCUT2D eigenvalue weighted by Gasteiger charge is 2.23. The number of hydrogen-bond acceptors (Lipinski definition) is 3. The second kappa shape index (κ2) is 6.14. The maximum atomic E-state index is 12.8. The fraction of sp³-hybridized carbons (Fsp3) is 0.467. The summed E-state index contributed by atoms with van der Waals surface area (Å²) in [6.45, 7) is 1.80. The van der Waals surface area contributed by atoms with E-state index in [4.69, 9.17) is 11.6 Å². The van der Waals surface area contributed by atoms with Crippen molar-refractivity contribution in [1.82, 2.24) is 19.8 Å². The maximum absolute atomic E-state index is 12.8. The number of rotatable bonds is 3. The van der Waals surface area contributed by atoms with Crippen molar-refractivity contribution in [3.8, 4) is 0 Å². The Kier molecular flexibility index (Phi) is 4.22. The number of benzene rings is 1. The number of imidazole rings is 1. The smallest absolute Gasteiger partial charge is 0.329 e. The van der Waals surface area contributed by atoms with Crippen LogP contribution in [0.2, 0.25) is 5.02 Å². The third-order valence-electron chi connectivity index (χ3n) is 4.18. The van der Waals surface area contributed by atoms with Gasteiger partial charge in [0.05, 0.1) is 11.0 Å². The van der Waals surface area contributed by atoms with E-state index in [1.807, 2.05) is 10.6 Å². The van der Waals surface area contributed by atoms with E-state index in [0.29, 0.717) is 10.5 Å². The highest BCUT2D eigenvalue weighted by atomic mass is 35.5. The minimum atomic E-state index is -0.202. The van der Waals surface area contributed by atoms with Crippen molar-refractivity contribution in [1.29, 1.82) is 0 Å². The zero-order valence-electron chi connectivity index (χ0n) is 12.4. The number of amides is 1. The lowest BCUT2D eigenvalue weighted by Crippen LogP contribution is -2.36. The summed E-state index contributed by atoms with van der Waals surface area (Å²) in [5, 5.41) is 6.42. The zero-order chi connectivity index (χ0) is 15.7. The number of carbonyl (C=O) groups excluding carboxylic acids is 1. The highest BCUT2D eigenvalue weighted by molar-refractivity contribution is 6.31. The van der Waals surface area contributed by atoms with Crippen LogP contribution in [0.5, 0.6) is 0 Å². The van der Waals surface area contributed by atoms with Crippen LogP contribution >= 0.6 is 11.6 Å². The number of likely N-dealkylation sites (N-methyl/N-ethyl adjacent to an activating group) is 1. The molecule has 0 aliphatic carbocycles. The van der Waals surface area contributed by atoms with Gasteiger partial charge in [-0.05, 0) is 44.1 Å². The predicted octanol–water partition coefficient (Wildman–Crippen LogP) is 1.13. The fourth-order valence-corrected chi connectivity index (χ4v) is 3.21. The first-order valence-electron chi connectivity index (χ1n) is 7.43. The number of hydrogen-bond donors (Lipinski definition) is 2. The van der Waals surface area contributed by atoms with Gasteiger partial charge in [0.25, 0.3) is 0 Å². The van der Waals surface area contributed by atoms with E-state index in [-0.39, 0.29) is 24.2 Å². The topological polar surface area (TPSA) is 68.1 Å². The third-order valence-corrected chi connectivity index (χ3v) is 4.41. The molecule has 2 aromatic rings. The summed E-state index contributed by atoms with van der Waals surface area (Å²) in [6.07, 6.45) is 1.81. The van der Waals surface area contributed by atoms with Crippen molar-refractivity contribution in [2.24, 2.45) is 0 Å². The molecule has 0 spiro atoms. The lowest BCUT2D eigenvalue weighted by atomic mass is 10.1. The molecule has 0 radical (unpaired) electrons. The number of fused-ring (bicyclic) bond motifs is 1. The lowest BCUT2D eigenvalue weighted by Gasteiger charge is -2.23. The van der Waals surface area contributed by atoms with Gasteiger partial charge in [-0.1, -0.05) is 11.6 Å². The van der Waals surface area contributed by atoms with Crippen molar-refractivity contribution >= 4 is 28.5 Å². The van der Waals surface area contributed by atoms with Gasteiger partial charge in [-0.15, -0.1) is 0 Å². The van der Waals surface area contributed by atoms with Gasteiger partial charge in [0.15, 0.2) is 0 Å². The van der Waals surface area contributed by atoms with Gasteiger partial charge in [-0.3, -0.25) is 13.9 Å². The number of piperidine rings is 1. The molecule has 1 saturated heterocycles. The van der Waals surface area contributed by atoms with Gasteiger partial charge in [0.1, 0.15) is 6.54 Å². The quantitative estimate of drug-likeness (QED) is 0.890. The molecule has 6 nitrogen and oxygen atoms in total. The Hall–Kier alpha value is -1.79. The van der Waals surface area contributed by atoms with Gasteiger partial charge < -0.3 is 10.6 Å². The van der Waals surface area contributed by atoms with Crippen LogP contribution in [0.15, 0.2) is 23.0 Å². The number of halogens is 1. The molecule has 1 aliphatic rings. The van der Waals surface area contributed by atoms with Crippen LogP contribution in [0.25, 0.3) is 11.0 Å². The molecule has 1 fully saturated rings. The molecule has 1 aliphatic heterocycles. The van der Waals surface area contributed by atoms with E-state index >= 15 is 0 Å². The maximum Gasteiger partial charge on any atom is 0.329 e. The van der Waals surface area contributed by atoms with Crippen LogP contribution in [0.3, 0.4) is 0 Å². The molecule has 22 heavy (non-hydrogen) atoms. The third kappa shape index (κ3) is 2.64. The average molecular weight is 323 g/mol. The van der Waals surface area contributed by atoms with Crippen LogP contribution < -0.4 is 16.3 Å². The molecule has 0 saturated carbocycles. The normalized spacial score (nSPS) is 16.1. The van der Waals surface area contributed by atoms with Gasteiger partial charge in [0.2, 0.25) is 5.91 Å². The molecular weight excluding hydrogens is 304 g/mol. The first kappa shape index (κ1) is 15.1. The summed E-state index contributed by atoms with van der Waals surface area (Å²) < 4.78 is 3.32. The van der Waals surface area contributed by atoms with Crippen LogP contribution in [0, 0.1) is 0 Å². The van der Waals surface area contributed by atoms with Gasteiger partial charge in [-0.2, -0.15) is 0 Å². The predicted molar refractivity (Wildman–Crippen MR) is 86.4 cm³/mol. The summed E-state index contributed by atoms with van der Waals surface area (Å²) in [6, 6.07) is 5.55. The second-order valence-electron chi connectivity index (χ2n) is 5.53. The van der Waals surface area contributed by atoms with Crippen LogP contribution in [0.1, 0.15) is 18.9 Å². The number of nitrogens with zero attached hydrogens (tertiary/aromatic N) is 2. The Morgan fingerprint density at radius 2 is 2.09 bits per heavy atom. The van der Waals surface area contributed by atoms with E-state index < -0.39 is 0 Å². The Morgan fingerprint density at radius 1 is 1.36 bits per heavy atom. The van der Waals surface area contributed by atoms with Crippen molar-refractivity contribution in [3.63, 3.8) is 0 Å². The van der Waals surface area contributed by atoms with Crippen LogP contribution in [-0.4, -0.2) is 35.2 Å². The molecule has 3 rings (SSSR count). The lowest BCUT2D eigenvalue weighted by molar-refractivity contribution is -0.121. The number of aromatic nitrogens is 2. The first-order valence-corrected chi connectivity index (χ1v) is 7.81. The van der Waals surface area contributed by atoms with Gasteiger partial charge >= 0.3 is 5.69 Å². The number of nitrogens with one attached hydrogen (secondary N) is 2. The molecule has 1 amide bonds. The van der Waals surface area contributed by atoms with Crippen molar-refractivity contribution in [3.05, 3.63) is 33.7 Å². The summed E-state index contributed by atoms with van der Waals surface area (Å²) in [5.74, 6) is -0.202. The summed E-state index contributed by atoms with van der Waals surface area (Å²) in [5.41, 5.74) is 1.40. The Labute approximate surface area is 133 Å². The van der Waals surface area contributed by atoms with Crippen molar-refractivity contribution in [2.75, 3.05) is 20.1 Å². The molecule has 2 N–H and O–H groups in total. The van der Waals surface area contributed by atoms with Crippen LogP contribution in [-0.2, 0) is 11.3 Å². The SMILES string of the molecule is CNC(=O)Cn1c(=O)n(C2CCNCC2)c2ccc(Cl)cc21. The molecule has 1 aromatic heterocycles. The molecule has 118 valence electrons. The molecule has 0 unspecified atom stereocenters. The Balaban J connectivity index is 2.17. The Morgan fingerprint density at radius 3 is 2.77 bits per heavy atom.